The van der Waals surface area contributed by atoms with Gasteiger partial charge in [0.1, 0.15) is 5.82 Å². The van der Waals surface area contributed by atoms with Crippen LogP contribution >= 0.6 is 0 Å². The van der Waals surface area contributed by atoms with E-state index in [0.717, 1.165) is 60.8 Å². The van der Waals surface area contributed by atoms with Crippen molar-refractivity contribution >= 4 is 17.7 Å². The van der Waals surface area contributed by atoms with Gasteiger partial charge in [0.15, 0.2) is 0 Å². The number of hydrogen-bond acceptors (Lipinski definition) is 5. The summed E-state index contributed by atoms with van der Waals surface area (Å²) in [5.74, 6) is -0.481. The van der Waals surface area contributed by atoms with E-state index in [1.165, 1.54) is 23.8 Å². The number of carbonyl (C=O) groups excluding carboxylic acids is 1. The zero-order chi connectivity index (χ0) is 25.5. The number of morpholine rings is 1. The minimum atomic E-state index is -0.261. The monoisotopic (exact) mass is 497 g/mol. The van der Waals surface area contributed by atoms with Crippen molar-refractivity contribution in [1.29, 1.82) is 0 Å². The van der Waals surface area contributed by atoms with Gasteiger partial charge in [-0.1, -0.05) is 24.3 Å². The lowest BCUT2D eigenvalue weighted by Gasteiger charge is -2.26. The quantitative estimate of drug-likeness (QED) is 0.360. The Morgan fingerprint density at radius 2 is 1.70 bits per heavy atom. The number of benzene rings is 2. The van der Waals surface area contributed by atoms with E-state index >= 15 is 0 Å². The number of carbonyl (C=O) groups is 1. The molecule has 0 atom stereocenters. The zero-order valence-electron chi connectivity index (χ0n) is 20.4. The maximum Gasteiger partial charge on any atom is 0.248 e. The van der Waals surface area contributed by atoms with Crippen LogP contribution in [0.3, 0.4) is 0 Å². The number of halogens is 1. The first kappa shape index (κ1) is 24.5. The van der Waals surface area contributed by atoms with Gasteiger partial charge in [0.2, 0.25) is 5.91 Å². The smallest absolute Gasteiger partial charge is 0.248 e. The fourth-order valence-corrected chi connectivity index (χ4v) is 4.23. The van der Waals surface area contributed by atoms with E-state index in [1.54, 1.807) is 41.5 Å². The fourth-order valence-electron chi connectivity index (χ4n) is 4.23. The Hall–Kier alpha value is -4.14. The van der Waals surface area contributed by atoms with E-state index in [2.05, 4.69) is 20.3 Å². The number of pyridine rings is 1. The molecule has 0 saturated carbocycles. The van der Waals surface area contributed by atoms with Gasteiger partial charge in [-0.2, -0.15) is 5.10 Å². The van der Waals surface area contributed by atoms with Crippen LogP contribution in [0.2, 0.25) is 0 Å². The van der Waals surface area contributed by atoms with Crippen LogP contribution in [-0.4, -0.2) is 51.9 Å². The molecule has 1 amide bonds. The summed E-state index contributed by atoms with van der Waals surface area (Å²) in [4.78, 5) is 19.2. The summed E-state index contributed by atoms with van der Waals surface area (Å²) in [5.41, 5.74) is 5.53. The molecular formula is C29H28FN5O2. The number of ether oxygens (including phenoxy) is 1. The van der Waals surface area contributed by atoms with Crippen LogP contribution < -0.4 is 5.32 Å². The molecule has 1 saturated heterocycles. The summed E-state index contributed by atoms with van der Waals surface area (Å²) in [7, 11) is 0. The summed E-state index contributed by atoms with van der Waals surface area (Å²) in [5, 5.41) is 7.35. The van der Waals surface area contributed by atoms with Crippen LogP contribution in [-0.2, 0) is 22.6 Å². The largest absolute Gasteiger partial charge is 0.379 e. The summed E-state index contributed by atoms with van der Waals surface area (Å²) in [6.45, 7) is 4.84. The number of aromatic nitrogens is 3. The van der Waals surface area contributed by atoms with E-state index in [-0.39, 0.29) is 11.7 Å². The fraction of sp³-hybridized carbons (Fsp3) is 0.207. The lowest BCUT2D eigenvalue weighted by Crippen LogP contribution is -2.35. The average molecular weight is 498 g/mol. The summed E-state index contributed by atoms with van der Waals surface area (Å²) in [6.07, 6.45) is 10.4. The minimum absolute atomic E-state index is 0.220. The number of nitrogens with zero attached hydrogens (tertiary/aromatic N) is 4. The number of nitrogens with one attached hydrogen (secondary N) is 1. The van der Waals surface area contributed by atoms with Crippen LogP contribution in [0.1, 0.15) is 16.7 Å². The van der Waals surface area contributed by atoms with Crippen molar-refractivity contribution in [2.24, 2.45) is 0 Å². The van der Waals surface area contributed by atoms with Crippen LogP contribution in [0.5, 0.6) is 0 Å². The Morgan fingerprint density at radius 1 is 0.973 bits per heavy atom. The Morgan fingerprint density at radius 3 is 2.49 bits per heavy atom. The second-order valence-electron chi connectivity index (χ2n) is 8.92. The van der Waals surface area contributed by atoms with Crippen molar-refractivity contribution in [2.75, 3.05) is 31.6 Å². The summed E-state index contributed by atoms with van der Waals surface area (Å²) >= 11 is 0. The van der Waals surface area contributed by atoms with Gasteiger partial charge >= 0.3 is 0 Å². The topological polar surface area (TPSA) is 72.3 Å². The van der Waals surface area contributed by atoms with E-state index in [9.17, 15) is 9.18 Å². The number of amides is 1. The molecule has 1 fully saturated rings. The van der Waals surface area contributed by atoms with Crippen molar-refractivity contribution in [3.8, 4) is 11.1 Å². The van der Waals surface area contributed by atoms with Gasteiger partial charge in [-0.3, -0.25) is 19.4 Å². The molecule has 2 aromatic carbocycles. The van der Waals surface area contributed by atoms with E-state index in [4.69, 9.17) is 4.74 Å². The molecule has 0 unspecified atom stereocenters. The molecule has 0 aliphatic carbocycles. The molecule has 188 valence electrons. The third kappa shape index (κ3) is 6.75. The standard InChI is InChI=1S/C29H28FN5O2/c30-26-6-1-23(2-7-26)20-35-21-25(18-32-35)28-11-12-31-17-24(28)5-10-29(36)33-27-8-3-22(4-9-27)19-34-13-15-37-16-14-34/h1-12,17-18,21H,13-16,19-20H2,(H,33,36)/b10-5+. The predicted molar refractivity (Wildman–Crippen MR) is 141 cm³/mol. The molecule has 5 rings (SSSR count). The molecule has 7 nitrogen and oxygen atoms in total. The highest BCUT2D eigenvalue weighted by atomic mass is 19.1. The van der Waals surface area contributed by atoms with Gasteiger partial charge in [-0.15, -0.1) is 0 Å². The first-order valence-corrected chi connectivity index (χ1v) is 12.2. The molecule has 1 aliphatic rings. The van der Waals surface area contributed by atoms with E-state index in [1.807, 2.05) is 36.5 Å². The highest BCUT2D eigenvalue weighted by molar-refractivity contribution is 6.02. The van der Waals surface area contributed by atoms with Gasteiger partial charge < -0.3 is 10.1 Å². The van der Waals surface area contributed by atoms with Gasteiger partial charge in [-0.25, -0.2) is 4.39 Å². The number of rotatable bonds is 8. The molecule has 0 radical (unpaired) electrons. The first-order chi connectivity index (χ1) is 18.1. The molecule has 3 heterocycles. The first-order valence-electron chi connectivity index (χ1n) is 12.2. The van der Waals surface area contributed by atoms with Crippen LogP contribution in [0.15, 0.2) is 85.5 Å². The third-order valence-corrected chi connectivity index (χ3v) is 6.20. The second kappa shape index (κ2) is 11.7. The summed E-state index contributed by atoms with van der Waals surface area (Å²) < 4.78 is 20.4. The summed E-state index contributed by atoms with van der Waals surface area (Å²) in [6, 6.07) is 16.2. The molecule has 8 heteroatoms. The minimum Gasteiger partial charge on any atom is -0.379 e. The average Bonchev–Trinajstić information content (AvgIpc) is 3.39. The molecule has 1 N–H and O–H groups in total. The second-order valence-corrected chi connectivity index (χ2v) is 8.92. The molecule has 37 heavy (non-hydrogen) atoms. The van der Waals surface area contributed by atoms with Crippen LogP contribution in [0.25, 0.3) is 17.2 Å². The lowest BCUT2D eigenvalue weighted by molar-refractivity contribution is -0.111. The molecule has 1 aliphatic heterocycles. The predicted octanol–water partition coefficient (Wildman–Crippen LogP) is 4.62. The molecule has 0 bridgehead atoms. The van der Waals surface area contributed by atoms with Crippen LogP contribution in [0, 0.1) is 5.82 Å². The van der Waals surface area contributed by atoms with Crippen molar-refractivity contribution in [2.45, 2.75) is 13.1 Å². The highest BCUT2D eigenvalue weighted by Crippen LogP contribution is 2.24. The Bertz CT molecular complexity index is 1360. The maximum atomic E-state index is 13.2. The SMILES string of the molecule is O=C(/C=C/c1cnccc1-c1cnn(Cc2ccc(F)cc2)c1)Nc1ccc(CN2CCOCC2)cc1. The molecule has 4 aromatic rings. The van der Waals surface area contributed by atoms with Gasteiger partial charge in [0.25, 0.3) is 0 Å². The van der Waals surface area contributed by atoms with Gasteiger partial charge in [0.05, 0.1) is 26.0 Å². The van der Waals surface area contributed by atoms with Gasteiger partial charge in [0, 0.05) is 61.1 Å². The molecule has 0 spiro atoms. The van der Waals surface area contributed by atoms with Crippen molar-refractivity contribution in [1.82, 2.24) is 19.7 Å². The molecular weight excluding hydrogens is 469 g/mol. The van der Waals surface area contributed by atoms with Crippen molar-refractivity contribution in [3.05, 3.63) is 108 Å². The van der Waals surface area contributed by atoms with Gasteiger partial charge in [-0.05, 0) is 53.1 Å². The maximum absolute atomic E-state index is 13.2. The Balaban J connectivity index is 1.21. The molecule has 2 aromatic heterocycles. The highest BCUT2D eigenvalue weighted by Gasteiger charge is 2.11. The Labute approximate surface area is 215 Å². The Kier molecular flexibility index (Phi) is 7.78. The normalized spacial score (nSPS) is 14.2. The van der Waals surface area contributed by atoms with Crippen LogP contribution in [0.4, 0.5) is 10.1 Å². The number of hydrogen-bond donors (Lipinski definition) is 1. The van der Waals surface area contributed by atoms with Crippen molar-refractivity contribution in [3.63, 3.8) is 0 Å². The number of anilines is 1. The van der Waals surface area contributed by atoms with E-state index < -0.39 is 0 Å². The van der Waals surface area contributed by atoms with E-state index in [0.29, 0.717) is 6.54 Å². The lowest BCUT2D eigenvalue weighted by atomic mass is 10.0. The van der Waals surface area contributed by atoms with Crippen molar-refractivity contribution < 1.29 is 13.9 Å². The third-order valence-electron chi connectivity index (χ3n) is 6.20. The zero-order valence-corrected chi connectivity index (χ0v) is 20.4.